The zero-order chi connectivity index (χ0) is 13.7. The van der Waals surface area contributed by atoms with Crippen molar-refractivity contribution in [2.45, 2.75) is 0 Å². The summed E-state index contributed by atoms with van der Waals surface area (Å²) >= 11 is 0. The molecule has 0 N–H and O–H groups in total. The highest BCUT2D eigenvalue weighted by Gasteiger charge is 2.30. The Morgan fingerprint density at radius 2 is 1.68 bits per heavy atom. The Bertz CT molecular complexity index is 515. The highest BCUT2D eigenvalue weighted by Crippen LogP contribution is 2.00. The summed E-state index contributed by atoms with van der Waals surface area (Å²) in [5.41, 5.74) is 0.758. The Morgan fingerprint density at radius 1 is 1.11 bits per heavy atom. The monoisotopic (exact) mass is 257 g/mol. The molecule has 0 unspecified atom stereocenters. The smallest absolute Gasteiger partial charge is 0.487 e. The van der Waals surface area contributed by atoms with Crippen LogP contribution in [0.15, 0.2) is 30.3 Å². The van der Waals surface area contributed by atoms with E-state index in [2.05, 4.69) is 11.7 Å². The third-order valence-corrected chi connectivity index (χ3v) is 2.38. The maximum atomic E-state index is 11.5. The van der Waals surface area contributed by atoms with Crippen molar-refractivity contribution in [3.63, 3.8) is 0 Å². The van der Waals surface area contributed by atoms with Crippen molar-refractivity contribution in [1.29, 1.82) is 0 Å². The summed E-state index contributed by atoms with van der Waals surface area (Å²) in [6.07, 6.45) is 0. The fraction of sp³-hybridized carbons (Fsp3) is 0.231. The summed E-state index contributed by atoms with van der Waals surface area (Å²) in [5.74, 6) is 4.48. The van der Waals surface area contributed by atoms with Crippen LogP contribution in [-0.4, -0.2) is 44.1 Å². The van der Waals surface area contributed by atoms with Crippen molar-refractivity contribution in [2.24, 2.45) is 0 Å². The summed E-state index contributed by atoms with van der Waals surface area (Å²) in [4.78, 5) is 24.4. The molecule has 5 nitrogen and oxygen atoms in total. The number of rotatable bonds is 0. The van der Waals surface area contributed by atoms with Gasteiger partial charge in [0.05, 0.1) is 13.1 Å². The Hall–Kier alpha value is -2.26. The van der Waals surface area contributed by atoms with Crippen molar-refractivity contribution in [3.8, 4) is 11.7 Å². The van der Waals surface area contributed by atoms with Gasteiger partial charge in [-0.25, -0.2) is 0 Å². The summed E-state index contributed by atoms with van der Waals surface area (Å²) in [6.45, 7) is 0.0806. The number of likely N-dealkylation sites (N-methyl/N-ethyl adjacent to an activating group) is 1. The van der Waals surface area contributed by atoms with Crippen LogP contribution in [0.5, 0.6) is 0 Å². The van der Waals surface area contributed by atoms with E-state index in [0.717, 1.165) is 5.56 Å². The largest absolute Gasteiger partial charge is 0.694 e. The van der Waals surface area contributed by atoms with E-state index in [4.69, 9.17) is 9.31 Å². The van der Waals surface area contributed by atoms with Crippen molar-refractivity contribution in [3.05, 3.63) is 35.9 Å². The van der Waals surface area contributed by atoms with Gasteiger partial charge in [0.25, 0.3) is 0 Å². The van der Waals surface area contributed by atoms with Gasteiger partial charge in [0.1, 0.15) is 0 Å². The van der Waals surface area contributed by atoms with Crippen LogP contribution in [0.2, 0.25) is 0 Å². The van der Waals surface area contributed by atoms with Gasteiger partial charge in [-0.2, -0.15) is 0 Å². The Morgan fingerprint density at radius 3 is 2.26 bits per heavy atom. The van der Waals surface area contributed by atoms with Crippen LogP contribution in [0, 0.1) is 11.7 Å². The van der Waals surface area contributed by atoms with Gasteiger partial charge in [-0.05, 0) is 25.0 Å². The molecule has 0 atom stereocenters. The van der Waals surface area contributed by atoms with Crippen molar-refractivity contribution in [2.75, 3.05) is 20.1 Å². The first-order valence-electron chi connectivity index (χ1n) is 5.77. The molecule has 1 heterocycles. The third kappa shape index (κ3) is 4.16. The predicted molar refractivity (Wildman–Crippen MR) is 68.8 cm³/mol. The molecule has 1 fully saturated rings. The Balaban J connectivity index is 2.08. The van der Waals surface area contributed by atoms with Crippen LogP contribution in [0.25, 0.3) is 0 Å². The van der Waals surface area contributed by atoms with Gasteiger partial charge in [0, 0.05) is 5.56 Å². The molecule has 1 aliphatic heterocycles. The van der Waals surface area contributed by atoms with Gasteiger partial charge >= 0.3 is 19.1 Å². The summed E-state index contributed by atoms with van der Waals surface area (Å²) in [5, 5.41) is 0. The first-order chi connectivity index (χ1) is 9.13. The van der Waals surface area contributed by atoms with Gasteiger partial charge in [-0.15, -0.1) is 0 Å². The predicted octanol–water partition coefficient (Wildman–Crippen LogP) is 0.0973. The minimum Gasteiger partial charge on any atom is -0.487 e. The molecule has 0 radical (unpaired) electrons. The molecule has 1 aromatic rings. The van der Waals surface area contributed by atoms with E-state index >= 15 is 0 Å². The summed E-state index contributed by atoms with van der Waals surface area (Å²) in [7, 11) is 0.493. The highest BCUT2D eigenvalue weighted by atomic mass is 16.6. The fourth-order valence-corrected chi connectivity index (χ4v) is 1.56. The number of nitrogens with zero attached hydrogens (tertiary/aromatic N) is 1. The average Bonchev–Trinajstić information content (AvgIpc) is 2.35. The van der Waals surface area contributed by atoms with Gasteiger partial charge in [0.15, 0.2) is 0 Å². The molecule has 0 aromatic heterocycles. The van der Waals surface area contributed by atoms with Crippen LogP contribution in [0.4, 0.5) is 0 Å². The first-order valence-corrected chi connectivity index (χ1v) is 5.77. The van der Waals surface area contributed by atoms with Crippen molar-refractivity contribution < 1.29 is 18.9 Å². The van der Waals surface area contributed by atoms with Crippen LogP contribution in [-0.2, 0) is 18.9 Å². The standard InChI is InChI=1S/C13H12BNO4/c1-15-9-12(16)18-14(19-13(17)10-15)8-7-11-5-3-2-4-6-11/h2-6H,9-10H2,1H3. The second-order valence-electron chi connectivity index (χ2n) is 4.12. The van der Waals surface area contributed by atoms with Gasteiger partial charge in [-0.3, -0.25) is 14.5 Å². The SMILES string of the molecule is CN1CC(=O)OB(C#Cc2ccccc2)OC(=O)C1. The molecule has 0 spiro atoms. The number of hydrogen-bond donors (Lipinski definition) is 0. The quantitative estimate of drug-likeness (QED) is 0.487. The van der Waals surface area contributed by atoms with E-state index in [-0.39, 0.29) is 13.1 Å². The molecular weight excluding hydrogens is 245 g/mol. The minimum atomic E-state index is -1.14. The third-order valence-electron chi connectivity index (χ3n) is 2.38. The first kappa shape index (κ1) is 13.2. The van der Waals surface area contributed by atoms with E-state index in [1.165, 1.54) is 4.90 Å². The lowest BCUT2D eigenvalue weighted by atomic mass is 9.90. The summed E-state index contributed by atoms with van der Waals surface area (Å²) < 4.78 is 9.91. The zero-order valence-electron chi connectivity index (χ0n) is 10.5. The topological polar surface area (TPSA) is 55.8 Å². The molecule has 1 aromatic carbocycles. The van der Waals surface area contributed by atoms with Crippen LogP contribution >= 0.6 is 0 Å². The lowest BCUT2D eigenvalue weighted by Gasteiger charge is -2.20. The van der Waals surface area contributed by atoms with Crippen LogP contribution in [0.1, 0.15) is 5.56 Å². The maximum Gasteiger partial charge on any atom is 0.694 e. The number of hydrogen-bond acceptors (Lipinski definition) is 5. The van der Waals surface area contributed by atoms with Crippen LogP contribution < -0.4 is 0 Å². The second-order valence-corrected chi connectivity index (χ2v) is 4.12. The second kappa shape index (κ2) is 6.07. The van der Waals surface area contributed by atoms with Crippen molar-refractivity contribution in [1.82, 2.24) is 4.90 Å². The van der Waals surface area contributed by atoms with Gasteiger partial charge < -0.3 is 9.31 Å². The molecule has 2 rings (SSSR count). The lowest BCUT2D eigenvalue weighted by Crippen LogP contribution is -2.42. The van der Waals surface area contributed by atoms with E-state index in [1.807, 2.05) is 30.3 Å². The average molecular weight is 257 g/mol. The molecule has 0 amide bonds. The molecule has 0 saturated carbocycles. The van der Waals surface area contributed by atoms with Crippen molar-refractivity contribution >= 4 is 19.1 Å². The Labute approximate surface area is 111 Å². The Kier molecular flexibility index (Phi) is 4.21. The normalized spacial score (nSPS) is 16.6. The number of carbonyl (C=O) groups excluding carboxylic acids is 2. The molecule has 0 aliphatic carbocycles. The molecule has 1 saturated heterocycles. The highest BCUT2D eigenvalue weighted by molar-refractivity contribution is 6.58. The minimum absolute atomic E-state index is 0.0403. The van der Waals surface area contributed by atoms with E-state index in [9.17, 15) is 9.59 Å². The molecule has 6 heteroatoms. The van der Waals surface area contributed by atoms with E-state index in [1.54, 1.807) is 7.05 Å². The van der Waals surface area contributed by atoms with Gasteiger partial charge in [0.2, 0.25) is 0 Å². The lowest BCUT2D eigenvalue weighted by molar-refractivity contribution is -0.145. The van der Waals surface area contributed by atoms with Crippen LogP contribution in [0.3, 0.4) is 0 Å². The zero-order valence-corrected chi connectivity index (χ0v) is 10.5. The molecule has 19 heavy (non-hydrogen) atoms. The molecule has 0 bridgehead atoms. The summed E-state index contributed by atoms with van der Waals surface area (Å²) in [6, 6.07) is 9.18. The molecule has 96 valence electrons. The molecular formula is C13H12BNO4. The number of benzene rings is 1. The van der Waals surface area contributed by atoms with E-state index in [0.29, 0.717) is 0 Å². The molecule has 1 aliphatic rings. The number of carbonyl (C=O) groups is 2. The van der Waals surface area contributed by atoms with Gasteiger partial charge in [-0.1, -0.05) is 24.1 Å². The maximum absolute atomic E-state index is 11.5. The van der Waals surface area contributed by atoms with E-state index < -0.39 is 19.1 Å². The fourth-order valence-electron chi connectivity index (χ4n) is 1.56.